The van der Waals surface area contributed by atoms with E-state index in [2.05, 4.69) is 11.4 Å². The van der Waals surface area contributed by atoms with E-state index >= 15 is 0 Å². The first-order valence-electron chi connectivity index (χ1n) is 7.87. The summed E-state index contributed by atoms with van der Waals surface area (Å²) in [7, 11) is 0. The molecule has 3 atom stereocenters. The average molecular weight is 368 g/mol. The molecule has 0 aliphatic carbocycles. The lowest BCUT2D eigenvalue weighted by Gasteiger charge is -2.43. The number of rotatable bonds is 3. The second kappa shape index (κ2) is 6.71. The fourth-order valence-corrected chi connectivity index (χ4v) is 3.71. The Hall–Kier alpha value is -3.02. The molecule has 2 heterocycles. The van der Waals surface area contributed by atoms with Gasteiger partial charge in [0.1, 0.15) is 0 Å². The van der Waals surface area contributed by atoms with Gasteiger partial charge in [-0.1, -0.05) is 23.2 Å². The standard InChI is InChI=1S/C18H16N4O3S/c1-18(23)16(21-9-3-2-4-10-21)15(14(11-19)17(26)20-18)12-5-7-13(8-6-12)22(24)25/h2-10,15-16,20,23H,1H3/t15-,16+,18+/m0/s1. The van der Waals surface area contributed by atoms with Crippen LogP contribution in [0.2, 0.25) is 0 Å². The summed E-state index contributed by atoms with van der Waals surface area (Å²) in [5.74, 6) is -0.558. The van der Waals surface area contributed by atoms with Gasteiger partial charge >= 0.3 is 0 Å². The molecule has 132 valence electrons. The van der Waals surface area contributed by atoms with Gasteiger partial charge in [0.05, 0.1) is 16.9 Å². The van der Waals surface area contributed by atoms with Gasteiger partial charge in [-0.25, -0.2) is 0 Å². The zero-order valence-corrected chi connectivity index (χ0v) is 14.7. The maximum absolute atomic E-state index is 11.0. The largest absolute Gasteiger partial charge is 0.762 e. The highest BCUT2D eigenvalue weighted by Crippen LogP contribution is 2.42. The van der Waals surface area contributed by atoms with E-state index in [1.165, 1.54) is 12.1 Å². The van der Waals surface area contributed by atoms with Crippen molar-refractivity contribution < 1.29 is 14.6 Å². The number of non-ortho nitro benzene ring substituents is 1. The summed E-state index contributed by atoms with van der Waals surface area (Å²) in [6, 6.07) is 13.0. The Morgan fingerprint density at radius 3 is 2.46 bits per heavy atom. The van der Waals surface area contributed by atoms with Crippen molar-refractivity contribution in [1.29, 1.82) is 5.26 Å². The van der Waals surface area contributed by atoms with E-state index in [0.29, 0.717) is 11.1 Å². The van der Waals surface area contributed by atoms with E-state index in [0.717, 1.165) is 0 Å². The number of benzene rings is 1. The van der Waals surface area contributed by atoms with Crippen molar-refractivity contribution >= 4 is 18.3 Å². The Balaban J connectivity index is 2.19. The van der Waals surface area contributed by atoms with Crippen LogP contribution in [-0.2, 0) is 12.6 Å². The number of aliphatic hydroxyl groups is 1. The van der Waals surface area contributed by atoms with Crippen molar-refractivity contribution in [2.75, 3.05) is 0 Å². The maximum Gasteiger partial charge on any atom is 0.269 e. The van der Waals surface area contributed by atoms with Gasteiger partial charge in [0.15, 0.2) is 18.1 Å². The molecule has 0 amide bonds. The molecule has 0 radical (unpaired) electrons. The van der Waals surface area contributed by atoms with Crippen LogP contribution in [-0.4, -0.2) is 15.8 Å². The van der Waals surface area contributed by atoms with E-state index < -0.39 is 22.6 Å². The molecule has 8 heteroatoms. The molecule has 1 aliphatic rings. The second-order valence-electron chi connectivity index (χ2n) is 6.22. The third-order valence-corrected chi connectivity index (χ3v) is 4.78. The van der Waals surface area contributed by atoms with Crippen molar-refractivity contribution in [2.45, 2.75) is 24.6 Å². The third kappa shape index (κ3) is 3.10. The van der Waals surface area contributed by atoms with Gasteiger partial charge in [-0.15, -0.1) is 0 Å². The number of nitro groups is 1. The van der Waals surface area contributed by atoms with Gasteiger partial charge in [-0.2, -0.15) is 9.83 Å². The Morgan fingerprint density at radius 2 is 1.92 bits per heavy atom. The minimum atomic E-state index is -1.42. The summed E-state index contributed by atoms with van der Waals surface area (Å²) >= 11 is 5.27. The number of nitriles is 1. The molecular weight excluding hydrogens is 352 g/mol. The van der Waals surface area contributed by atoms with Crippen LogP contribution in [0.5, 0.6) is 0 Å². The lowest BCUT2D eigenvalue weighted by Crippen LogP contribution is -2.63. The van der Waals surface area contributed by atoms with E-state index in [-0.39, 0.29) is 10.7 Å². The van der Waals surface area contributed by atoms with Crippen LogP contribution in [0.4, 0.5) is 5.69 Å². The molecule has 0 saturated carbocycles. The monoisotopic (exact) mass is 368 g/mol. The normalized spacial score (nSPS) is 25.3. The third-order valence-electron chi connectivity index (χ3n) is 4.46. The molecule has 7 nitrogen and oxygen atoms in total. The van der Waals surface area contributed by atoms with Crippen molar-refractivity contribution in [3.8, 4) is 6.07 Å². The van der Waals surface area contributed by atoms with Gasteiger partial charge in [0, 0.05) is 29.8 Å². The lowest BCUT2D eigenvalue weighted by molar-refractivity contribution is -0.741. The van der Waals surface area contributed by atoms with E-state index in [1.54, 1.807) is 36.0 Å². The highest BCUT2D eigenvalue weighted by atomic mass is 32.1. The molecule has 0 unspecified atom stereocenters. The molecule has 0 fully saturated rings. The number of nitrogens with one attached hydrogen (secondary N) is 1. The maximum atomic E-state index is 11.0. The summed E-state index contributed by atoms with van der Waals surface area (Å²) in [5, 5.41) is 34.6. The Kier molecular flexibility index (Phi) is 4.59. The zero-order valence-electron chi connectivity index (χ0n) is 13.9. The molecule has 1 aromatic heterocycles. The highest BCUT2D eigenvalue weighted by molar-refractivity contribution is 7.63. The van der Waals surface area contributed by atoms with Crippen LogP contribution < -0.4 is 9.88 Å². The number of nitro benzene ring substituents is 1. The van der Waals surface area contributed by atoms with Crippen LogP contribution >= 0.6 is 0 Å². The molecule has 1 aliphatic heterocycles. The Bertz CT molecular complexity index is 904. The Morgan fingerprint density at radius 1 is 1.31 bits per heavy atom. The van der Waals surface area contributed by atoms with Gasteiger partial charge in [-0.05, 0) is 12.5 Å². The molecule has 2 aromatic rings. The summed E-state index contributed by atoms with van der Waals surface area (Å²) in [6.07, 6.45) is 3.59. The predicted octanol–water partition coefficient (Wildman–Crippen LogP) is 1.80. The van der Waals surface area contributed by atoms with Crippen LogP contribution in [0.3, 0.4) is 0 Å². The van der Waals surface area contributed by atoms with E-state index in [9.17, 15) is 20.5 Å². The lowest BCUT2D eigenvalue weighted by atomic mass is 9.78. The zero-order chi connectivity index (χ0) is 18.9. The first-order chi connectivity index (χ1) is 12.3. The molecule has 1 aromatic carbocycles. The quantitative estimate of drug-likeness (QED) is 0.371. The molecular formula is C18H16N4O3S. The van der Waals surface area contributed by atoms with E-state index in [1.807, 2.05) is 18.2 Å². The van der Waals surface area contributed by atoms with Crippen LogP contribution in [0.15, 0.2) is 65.5 Å². The minimum Gasteiger partial charge on any atom is -0.762 e. The number of hydrogen-bond donors (Lipinski definition) is 2. The van der Waals surface area contributed by atoms with Crippen molar-refractivity contribution in [3.63, 3.8) is 0 Å². The fourth-order valence-electron chi connectivity index (χ4n) is 3.33. The van der Waals surface area contributed by atoms with Gasteiger partial charge in [0.25, 0.3) is 5.69 Å². The van der Waals surface area contributed by atoms with Gasteiger partial charge in [-0.3, -0.25) is 10.1 Å². The number of allylic oxidation sites excluding steroid dienone is 1. The van der Waals surface area contributed by atoms with Crippen LogP contribution in [0, 0.1) is 21.4 Å². The topological polar surface area (TPSA) is 103 Å². The van der Waals surface area contributed by atoms with Crippen molar-refractivity contribution in [3.05, 3.63) is 81.1 Å². The predicted molar refractivity (Wildman–Crippen MR) is 95.3 cm³/mol. The molecule has 0 spiro atoms. The summed E-state index contributed by atoms with van der Waals surface area (Å²) in [6.45, 7) is 1.59. The summed E-state index contributed by atoms with van der Waals surface area (Å²) in [4.78, 5) is 10.4. The van der Waals surface area contributed by atoms with Gasteiger partial charge in [0.2, 0.25) is 6.04 Å². The van der Waals surface area contributed by atoms with Gasteiger partial charge < -0.3 is 23.1 Å². The number of aromatic nitrogens is 1. The Labute approximate surface area is 155 Å². The van der Waals surface area contributed by atoms with Crippen LogP contribution in [0.25, 0.3) is 0 Å². The summed E-state index contributed by atoms with van der Waals surface area (Å²) < 4.78 is 1.80. The second-order valence-corrected chi connectivity index (χ2v) is 6.63. The van der Waals surface area contributed by atoms with Crippen molar-refractivity contribution in [1.82, 2.24) is 5.32 Å². The smallest absolute Gasteiger partial charge is 0.269 e. The average Bonchev–Trinajstić information content (AvgIpc) is 2.61. The van der Waals surface area contributed by atoms with E-state index in [4.69, 9.17) is 12.6 Å². The first kappa shape index (κ1) is 17.8. The number of hydrogen-bond acceptors (Lipinski definition) is 6. The molecule has 3 rings (SSSR count). The van der Waals surface area contributed by atoms with Crippen LogP contribution in [0.1, 0.15) is 24.4 Å². The number of nitrogens with zero attached hydrogens (tertiary/aromatic N) is 3. The van der Waals surface area contributed by atoms with Crippen molar-refractivity contribution in [2.24, 2.45) is 0 Å². The summed E-state index contributed by atoms with van der Waals surface area (Å²) in [5.41, 5.74) is -0.491. The minimum absolute atomic E-state index is 0.0422. The molecule has 0 bridgehead atoms. The SMILES string of the molecule is C[C@]1(O)NC([S-])=C(C#N)[C@H](c2ccc([N+](=O)[O-])cc2)[C@H]1[n+]1ccccc1. The molecule has 0 saturated heterocycles. The molecule has 26 heavy (non-hydrogen) atoms. The fraction of sp³-hybridized carbons (Fsp3) is 0.222. The molecule has 2 N–H and O–H groups in total. The highest BCUT2D eigenvalue weighted by Gasteiger charge is 2.50. The first-order valence-corrected chi connectivity index (χ1v) is 8.28. The number of pyridine rings is 1.